The smallest absolute Gasteiger partial charge is 0.337 e. The Morgan fingerprint density at radius 3 is 2.63 bits per heavy atom. The lowest BCUT2D eigenvalue weighted by Crippen LogP contribution is -2.49. The van der Waals surface area contributed by atoms with E-state index in [1.165, 1.54) is 0 Å². The lowest BCUT2D eigenvalue weighted by atomic mass is 9.74. The monoisotopic (exact) mass is 367 g/mol. The van der Waals surface area contributed by atoms with Crippen LogP contribution >= 0.6 is 0 Å². The summed E-state index contributed by atoms with van der Waals surface area (Å²) in [7, 11) is 1.70. The highest BCUT2D eigenvalue weighted by molar-refractivity contribution is 5.95. The minimum Gasteiger partial charge on any atom is -0.496 e. The molecule has 3 aliphatic heterocycles. The molecule has 0 amide bonds. The molecule has 3 aliphatic rings. The van der Waals surface area contributed by atoms with Gasteiger partial charge in [-0.05, 0) is 48.6 Å². The van der Waals surface area contributed by atoms with Crippen molar-refractivity contribution in [2.45, 2.75) is 39.3 Å². The van der Waals surface area contributed by atoms with E-state index in [9.17, 15) is 9.90 Å². The topological polar surface area (TPSA) is 62.3 Å². The first kappa shape index (κ1) is 17.9. The van der Waals surface area contributed by atoms with Crippen molar-refractivity contribution in [1.29, 1.82) is 0 Å². The number of fused-ring (bicyclic) bond motifs is 4. The average molecular weight is 367 g/mol. The van der Waals surface area contributed by atoms with Gasteiger partial charge in [0.15, 0.2) is 0 Å². The zero-order valence-electron chi connectivity index (χ0n) is 16.4. The van der Waals surface area contributed by atoms with E-state index < -0.39 is 11.6 Å². The number of rotatable bonds is 3. The van der Waals surface area contributed by atoms with Gasteiger partial charge in [-0.3, -0.25) is 0 Å². The zero-order valence-corrected chi connectivity index (χ0v) is 16.4. The van der Waals surface area contributed by atoms with E-state index in [1.54, 1.807) is 13.3 Å². The molecule has 3 heterocycles. The highest BCUT2D eigenvalue weighted by Crippen LogP contribution is 2.57. The van der Waals surface area contributed by atoms with Gasteiger partial charge in [-0.25, -0.2) is 4.79 Å². The van der Waals surface area contributed by atoms with E-state index in [0.29, 0.717) is 12.2 Å². The van der Waals surface area contributed by atoms with Crippen LogP contribution in [0.15, 0.2) is 36.1 Å². The number of allylic oxidation sites excluding steroid dienone is 1. The third-order valence-corrected chi connectivity index (χ3v) is 5.91. The first-order valence-corrected chi connectivity index (χ1v) is 9.20. The number of aliphatic carboxylic acids is 1. The highest BCUT2D eigenvalue weighted by atomic mass is 16.6. The molecule has 1 fully saturated rings. The summed E-state index contributed by atoms with van der Waals surface area (Å²) in [6.07, 6.45) is 3.62. The minimum absolute atomic E-state index is 0.00446. The van der Waals surface area contributed by atoms with Crippen LogP contribution in [0, 0.1) is 19.8 Å². The second-order valence-corrected chi connectivity index (χ2v) is 7.95. The third kappa shape index (κ3) is 2.31. The molecular formula is C22H25NO4. The van der Waals surface area contributed by atoms with Gasteiger partial charge in [0.25, 0.3) is 0 Å². The molecule has 1 saturated heterocycles. The van der Waals surface area contributed by atoms with Crippen molar-refractivity contribution in [3.63, 3.8) is 0 Å². The Kier molecular flexibility index (Phi) is 3.79. The number of hydrogen-bond donors (Lipinski definition) is 1. The van der Waals surface area contributed by atoms with E-state index in [4.69, 9.17) is 9.47 Å². The Morgan fingerprint density at radius 2 is 2.11 bits per heavy atom. The summed E-state index contributed by atoms with van der Waals surface area (Å²) in [5.41, 5.74) is 5.65. The molecule has 142 valence electrons. The van der Waals surface area contributed by atoms with E-state index in [0.717, 1.165) is 33.7 Å². The fraction of sp³-hybridized carbons (Fsp3) is 0.409. The molecule has 1 aromatic carbocycles. The molecule has 2 atom stereocenters. The number of nitrogens with zero attached hydrogens (tertiary/aromatic N) is 1. The van der Waals surface area contributed by atoms with Crippen LogP contribution in [0.4, 0.5) is 0 Å². The van der Waals surface area contributed by atoms with E-state index in [1.807, 2.05) is 13.0 Å². The van der Waals surface area contributed by atoms with Crippen molar-refractivity contribution in [3.8, 4) is 5.75 Å². The second kappa shape index (κ2) is 5.73. The van der Waals surface area contributed by atoms with Crippen molar-refractivity contribution in [3.05, 3.63) is 58.3 Å². The predicted molar refractivity (Wildman–Crippen MR) is 103 cm³/mol. The van der Waals surface area contributed by atoms with Gasteiger partial charge in [-0.1, -0.05) is 20.4 Å². The summed E-state index contributed by atoms with van der Waals surface area (Å²) >= 11 is 0. The molecule has 0 aromatic heterocycles. The summed E-state index contributed by atoms with van der Waals surface area (Å²) in [5, 5.41) is 9.59. The lowest BCUT2D eigenvalue weighted by Gasteiger charge is -2.46. The minimum atomic E-state index is -0.962. The number of benzene rings is 1. The molecule has 1 N–H and O–H groups in total. The number of carbonyl (C=O) groups is 1. The Balaban J connectivity index is 2.03. The quantitative estimate of drug-likeness (QED) is 0.825. The Morgan fingerprint density at radius 1 is 1.44 bits per heavy atom. The average Bonchev–Trinajstić information content (AvgIpc) is 3.35. The maximum Gasteiger partial charge on any atom is 0.337 e. The SMILES string of the molecule is C=C1C=C2c3cc(C)c(OC)c(C)c3C3(CO3)C(C(C)C)N2C=C1C(=O)O. The van der Waals surface area contributed by atoms with Gasteiger partial charge >= 0.3 is 5.97 Å². The summed E-state index contributed by atoms with van der Waals surface area (Å²) in [4.78, 5) is 13.8. The lowest BCUT2D eigenvalue weighted by molar-refractivity contribution is -0.132. The van der Waals surface area contributed by atoms with E-state index >= 15 is 0 Å². The molecule has 1 spiro atoms. The molecule has 0 aliphatic carbocycles. The van der Waals surface area contributed by atoms with Gasteiger partial charge in [0.1, 0.15) is 11.4 Å². The largest absolute Gasteiger partial charge is 0.496 e. The van der Waals surface area contributed by atoms with Crippen molar-refractivity contribution in [2.75, 3.05) is 13.7 Å². The van der Waals surface area contributed by atoms with Gasteiger partial charge in [0.2, 0.25) is 0 Å². The molecule has 0 radical (unpaired) electrons. The van der Waals surface area contributed by atoms with Crippen LogP contribution in [-0.4, -0.2) is 35.7 Å². The normalized spacial score (nSPS) is 25.8. The molecule has 5 nitrogen and oxygen atoms in total. The molecule has 5 heteroatoms. The predicted octanol–water partition coefficient (Wildman–Crippen LogP) is 3.76. The first-order chi connectivity index (χ1) is 12.7. The highest BCUT2D eigenvalue weighted by Gasteiger charge is 2.61. The Bertz CT molecular complexity index is 934. The van der Waals surface area contributed by atoms with Crippen molar-refractivity contribution >= 4 is 11.7 Å². The molecule has 0 bridgehead atoms. The third-order valence-electron chi connectivity index (χ3n) is 5.91. The molecule has 27 heavy (non-hydrogen) atoms. The number of methoxy groups -OCH3 is 1. The van der Waals surface area contributed by atoms with Gasteiger partial charge in [0.05, 0.1) is 25.3 Å². The van der Waals surface area contributed by atoms with Crippen LogP contribution in [0.1, 0.15) is 36.1 Å². The van der Waals surface area contributed by atoms with Gasteiger partial charge in [-0.2, -0.15) is 0 Å². The molecule has 4 rings (SSSR count). The molecule has 2 unspecified atom stereocenters. The van der Waals surface area contributed by atoms with Crippen molar-refractivity contribution in [2.24, 2.45) is 5.92 Å². The van der Waals surface area contributed by atoms with E-state index in [-0.39, 0.29) is 17.5 Å². The molecule has 1 aromatic rings. The summed E-state index contributed by atoms with van der Waals surface area (Å²) < 4.78 is 11.8. The second-order valence-electron chi connectivity index (χ2n) is 7.95. The number of epoxide rings is 1. The summed E-state index contributed by atoms with van der Waals surface area (Å²) in [6, 6.07) is 2.12. The number of carboxylic acids is 1. The van der Waals surface area contributed by atoms with Crippen LogP contribution in [0.2, 0.25) is 0 Å². The number of aryl methyl sites for hydroxylation is 1. The van der Waals surface area contributed by atoms with Crippen molar-refractivity contribution < 1.29 is 19.4 Å². The van der Waals surface area contributed by atoms with Crippen LogP contribution in [0.3, 0.4) is 0 Å². The van der Waals surface area contributed by atoms with Crippen LogP contribution in [0.25, 0.3) is 5.70 Å². The van der Waals surface area contributed by atoms with Gasteiger partial charge in [0, 0.05) is 23.0 Å². The zero-order chi connectivity index (χ0) is 19.7. The number of carboxylic acid groups (broad SMARTS) is 1. The standard InChI is InChI=1S/C22H25NO4/c1-11(2)20-22(10-27-22)18-14(5)19(26-6)13(4)7-15(18)17-8-12(3)16(21(24)25)9-23(17)20/h7-9,11,20H,3,10H2,1-2,4-6H3,(H,24,25). The van der Waals surface area contributed by atoms with Crippen molar-refractivity contribution in [1.82, 2.24) is 4.90 Å². The maximum absolute atomic E-state index is 11.7. The Labute approximate surface area is 159 Å². The molecular weight excluding hydrogens is 342 g/mol. The number of hydrogen-bond acceptors (Lipinski definition) is 4. The van der Waals surface area contributed by atoms with Gasteiger partial charge < -0.3 is 19.5 Å². The van der Waals surface area contributed by atoms with Gasteiger partial charge in [-0.15, -0.1) is 0 Å². The van der Waals surface area contributed by atoms with E-state index in [2.05, 4.69) is 38.3 Å². The Hall–Kier alpha value is -2.53. The van der Waals surface area contributed by atoms with Crippen LogP contribution in [0.5, 0.6) is 5.75 Å². The van der Waals surface area contributed by atoms with Crippen LogP contribution in [-0.2, 0) is 15.1 Å². The number of ether oxygens (including phenoxy) is 2. The molecule has 0 saturated carbocycles. The fourth-order valence-electron chi connectivity index (χ4n) is 4.90. The summed E-state index contributed by atoms with van der Waals surface area (Å²) in [6.45, 7) is 13.0. The summed E-state index contributed by atoms with van der Waals surface area (Å²) in [5.74, 6) is 0.182. The first-order valence-electron chi connectivity index (χ1n) is 9.20. The maximum atomic E-state index is 11.7. The van der Waals surface area contributed by atoms with Crippen LogP contribution < -0.4 is 4.74 Å². The fourth-order valence-corrected chi connectivity index (χ4v) is 4.90.